The van der Waals surface area contributed by atoms with E-state index in [0.717, 1.165) is 38.6 Å². The molecule has 0 unspecified atom stereocenters. The predicted octanol–water partition coefficient (Wildman–Crippen LogP) is 2.05. The van der Waals surface area contributed by atoms with Gasteiger partial charge in [-0.25, -0.2) is 0 Å². The molecule has 2 aliphatic carbocycles. The smallest absolute Gasteiger partial charge is 0.0494 e. The lowest BCUT2D eigenvalue weighted by atomic mass is 9.82. The van der Waals surface area contributed by atoms with Crippen molar-refractivity contribution in [3.63, 3.8) is 0 Å². The van der Waals surface area contributed by atoms with E-state index in [1.807, 2.05) is 0 Å². The highest BCUT2D eigenvalue weighted by Gasteiger charge is 2.26. The maximum atomic E-state index is 6.35. The second-order valence-corrected chi connectivity index (χ2v) is 5.97. The Labute approximate surface area is 105 Å². The Hall–Kier alpha value is -0.120. The first-order chi connectivity index (χ1) is 8.29. The number of nitrogens with two attached hydrogens (primary N) is 1. The number of ether oxygens (including phenoxy) is 1. The Balaban J connectivity index is 1.41. The average Bonchev–Trinajstić information content (AvgIpc) is 3.13. The summed E-state index contributed by atoms with van der Waals surface area (Å²) in [6, 6.07) is 0. The van der Waals surface area contributed by atoms with Crippen LogP contribution >= 0.6 is 0 Å². The van der Waals surface area contributed by atoms with Crippen LogP contribution in [0, 0.1) is 5.92 Å². The van der Waals surface area contributed by atoms with Crippen LogP contribution in [0.25, 0.3) is 0 Å². The minimum Gasteiger partial charge on any atom is -0.381 e. The molecule has 100 valence electrons. The average molecular weight is 240 g/mol. The van der Waals surface area contributed by atoms with Gasteiger partial charge in [0.15, 0.2) is 0 Å². The summed E-state index contributed by atoms with van der Waals surface area (Å²) in [6.07, 6.45) is 10.3. The van der Waals surface area contributed by atoms with Crippen LogP contribution in [0.2, 0.25) is 0 Å². The van der Waals surface area contributed by atoms with Crippen molar-refractivity contribution in [3.8, 4) is 0 Å². The van der Waals surface area contributed by atoms with Gasteiger partial charge in [0.1, 0.15) is 0 Å². The van der Waals surface area contributed by atoms with Gasteiger partial charge in [-0.15, -0.1) is 0 Å². The maximum absolute atomic E-state index is 6.35. The van der Waals surface area contributed by atoms with E-state index in [2.05, 4.69) is 5.32 Å². The van der Waals surface area contributed by atoms with Crippen molar-refractivity contribution >= 4 is 0 Å². The molecule has 3 heteroatoms. The summed E-state index contributed by atoms with van der Waals surface area (Å²) in [6.45, 7) is 3.92. The molecule has 0 spiro atoms. The zero-order chi connectivity index (χ0) is 12.0. The molecular formula is C14H28N2O. The van der Waals surface area contributed by atoms with Crippen LogP contribution in [-0.4, -0.2) is 31.8 Å². The molecule has 0 bridgehead atoms. The van der Waals surface area contributed by atoms with Crippen LogP contribution in [0.1, 0.15) is 51.4 Å². The Morgan fingerprint density at radius 1 is 1.18 bits per heavy atom. The van der Waals surface area contributed by atoms with Gasteiger partial charge in [0.05, 0.1) is 0 Å². The first-order valence-corrected chi connectivity index (χ1v) is 7.36. The summed E-state index contributed by atoms with van der Waals surface area (Å²) in [5.74, 6) is 0.887. The van der Waals surface area contributed by atoms with Crippen molar-refractivity contribution < 1.29 is 4.74 Å². The second kappa shape index (κ2) is 6.72. The Kier molecular flexibility index (Phi) is 5.26. The molecule has 0 aliphatic heterocycles. The van der Waals surface area contributed by atoms with Crippen molar-refractivity contribution in [2.75, 3.05) is 26.3 Å². The number of rotatable bonds is 8. The fraction of sp³-hybridized carbons (Fsp3) is 1.00. The van der Waals surface area contributed by atoms with Gasteiger partial charge in [-0.2, -0.15) is 0 Å². The van der Waals surface area contributed by atoms with Crippen LogP contribution in [0.4, 0.5) is 0 Å². The molecule has 2 fully saturated rings. The van der Waals surface area contributed by atoms with E-state index in [9.17, 15) is 0 Å². The largest absolute Gasteiger partial charge is 0.381 e. The quantitative estimate of drug-likeness (QED) is 0.638. The lowest BCUT2D eigenvalue weighted by Crippen LogP contribution is -2.50. The van der Waals surface area contributed by atoms with E-state index < -0.39 is 0 Å². The zero-order valence-electron chi connectivity index (χ0n) is 11.0. The molecule has 2 aliphatic rings. The van der Waals surface area contributed by atoms with Crippen molar-refractivity contribution in [3.05, 3.63) is 0 Å². The molecule has 2 saturated carbocycles. The molecule has 0 saturated heterocycles. The SMILES string of the molecule is NC1(CNCCCOCC2CC2)CCCCC1. The third kappa shape index (κ3) is 5.36. The van der Waals surface area contributed by atoms with Crippen LogP contribution in [0.15, 0.2) is 0 Å². The molecule has 0 atom stereocenters. The molecule has 0 aromatic heterocycles. The van der Waals surface area contributed by atoms with E-state index in [-0.39, 0.29) is 5.54 Å². The Bertz CT molecular complexity index is 210. The summed E-state index contributed by atoms with van der Waals surface area (Å²) in [7, 11) is 0. The highest BCUT2D eigenvalue weighted by Crippen LogP contribution is 2.28. The Morgan fingerprint density at radius 3 is 2.65 bits per heavy atom. The minimum atomic E-state index is 0.0765. The highest BCUT2D eigenvalue weighted by molar-refractivity contribution is 4.89. The van der Waals surface area contributed by atoms with Gasteiger partial charge >= 0.3 is 0 Å². The van der Waals surface area contributed by atoms with E-state index in [1.165, 1.54) is 44.9 Å². The van der Waals surface area contributed by atoms with Gasteiger partial charge in [-0.05, 0) is 44.6 Å². The molecule has 0 aromatic rings. The van der Waals surface area contributed by atoms with Crippen LogP contribution in [0.5, 0.6) is 0 Å². The predicted molar refractivity (Wildman–Crippen MR) is 71.0 cm³/mol. The normalized spacial score (nSPS) is 23.8. The fourth-order valence-corrected chi connectivity index (χ4v) is 2.60. The van der Waals surface area contributed by atoms with Crippen molar-refractivity contribution in [1.29, 1.82) is 0 Å². The summed E-state index contributed by atoms with van der Waals surface area (Å²) < 4.78 is 5.60. The molecular weight excluding hydrogens is 212 g/mol. The summed E-state index contributed by atoms with van der Waals surface area (Å²) >= 11 is 0. The van der Waals surface area contributed by atoms with E-state index in [0.29, 0.717) is 0 Å². The molecule has 0 radical (unpaired) electrons. The van der Waals surface area contributed by atoms with Gasteiger partial charge in [0.25, 0.3) is 0 Å². The number of nitrogens with one attached hydrogen (secondary N) is 1. The molecule has 3 N–H and O–H groups in total. The zero-order valence-corrected chi connectivity index (χ0v) is 11.0. The van der Waals surface area contributed by atoms with E-state index in [4.69, 9.17) is 10.5 Å². The topological polar surface area (TPSA) is 47.3 Å². The molecule has 2 rings (SSSR count). The third-order valence-electron chi connectivity index (χ3n) is 4.02. The van der Waals surface area contributed by atoms with E-state index >= 15 is 0 Å². The molecule has 0 aromatic carbocycles. The summed E-state index contributed by atoms with van der Waals surface area (Å²) in [4.78, 5) is 0. The van der Waals surface area contributed by atoms with Crippen LogP contribution < -0.4 is 11.1 Å². The van der Waals surface area contributed by atoms with Gasteiger partial charge in [-0.1, -0.05) is 19.3 Å². The molecule has 0 amide bonds. The van der Waals surface area contributed by atoms with Gasteiger partial charge in [0, 0.05) is 25.3 Å². The molecule has 3 nitrogen and oxygen atoms in total. The van der Waals surface area contributed by atoms with Gasteiger partial charge in [-0.3, -0.25) is 0 Å². The summed E-state index contributed by atoms with van der Waals surface area (Å²) in [5.41, 5.74) is 6.43. The Morgan fingerprint density at radius 2 is 1.94 bits per heavy atom. The highest BCUT2D eigenvalue weighted by atomic mass is 16.5. The second-order valence-electron chi connectivity index (χ2n) is 5.97. The van der Waals surface area contributed by atoms with Gasteiger partial charge < -0.3 is 15.8 Å². The van der Waals surface area contributed by atoms with Crippen molar-refractivity contribution in [1.82, 2.24) is 5.32 Å². The maximum Gasteiger partial charge on any atom is 0.0494 e. The first kappa shape index (κ1) is 13.3. The van der Waals surface area contributed by atoms with Crippen molar-refractivity contribution in [2.45, 2.75) is 56.9 Å². The van der Waals surface area contributed by atoms with Crippen LogP contribution in [0.3, 0.4) is 0 Å². The standard InChI is InChI=1S/C14H28N2O/c15-14(7-2-1-3-8-14)12-16-9-4-10-17-11-13-5-6-13/h13,16H,1-12,15H2. The third-order valence-corrected chi connectivity index (χ3v) is 4.02. The lowest BCUT2D eigenvalue weighted by molar-refractivity contribution is 0.121. The summed E-state index contributed by atoms with van der Waals surface area (Å²) in [5, 5.41) is 3.49. The minimum absolute atomic E-state index is 0.0765. The fourth-order valence-electron chi connectivity index (χ4n) is 2.60. The first-order valence-electron chi connectivity index (χ1n) is 7.36. The van der Waals surface area contributed by atoms with Crippen LogP contribution in [-0.2, 0) is 4.74 Å². The molecule has 17 heavy (non-hydrogen) atoms. The van der Waals surface area contributed by atoms with Gasteiger partial charge in [0.2, 0.25) is 0 Å². The number of hydrogen-bond acceptors (Lipinski definition) is 3. The van der Waals surface area contributed by atoms with E-state index in [1.54, 1.807) is 0 Å². The van der Waals surface area contributed by atoms with Crippen molar-refractivity contribution in [2.24, 2.45) is 11.7 Å². The lowest BCUT2D eigenvalue weighted by Gasteiger charge is -2.33. The molecule has 0 heterocycles. The monoisotopic (exact) mass is 240 g/mol. The number of hydrogen-bond donors (Lipinski definition) is 2.